The Balaban J connectivity index is 3.00. The lowest BCUT2D eigenvalue weighted by Crippen LogP contribution is -2.19. The average Bonchev–Trinajstić information content (AvgIpc) is 2.68. The smallest absolute Gasteiger partial charge is 0.113 e. The minimum Gasteiger partial charge on any atom is -0.330 e. The van der Waals surface area contributed by atoms with Crippen molar-refractivity contribution in [3.05, 3.63) is 16.1 Å². The first-order valence-electron chi connectivity index (χ1n) is 5.49. The monoisotopic (exact) mass is 237 g/mol. The third-order valence-electron chi connectivity index (χ3n) is 2.77. The summed E-state index contributed by atoms with van der Waals surface area (Å²) in [7, 11) is 0. The van der Waals surface area contributed by atoms with Gasteiger partial charge in [-0.3, -0.25) is 0 Å². The van der Waals surface area contributed by atoms with Crippen LogP contribution in [0.3, 0.4) is 0 Å². The highest BCUT2D eigenvalue weighted by Gasteiger charge is 2.26. The number of nitrogens with zero attached hydrogens (tertiary/aromatic N) is 2. The molecule has 0 saturated heterocycles. The lowest BCUT2D eigenvalue weighted by atomic mass is 9.93. The fourth-order valence-corrected chi connectivity index (χ4v) is 2.48. The summed E-state index contributed by atoms with van der Waals surface area (Å²) in [5, 5.41) is 12.0. The Labute approximate surface area is 101 Å². The Morgan fingerprint density at radius 2 is 2.19 bits per heavy atom. The lowest BCUT2D eigenvalue weighted by Gasteiger charge is -2.16. The van der Waals surface area contributed by atoms with Crippen LogP contribution in [0.15, 0.2) is 5.38 Å². The van der Waals surface area contributed by atoms with Crippen molar-refractivity contribution in [3.63, 3.8) is 0 Å². The van der Waals surface area contributed by atoms with Gasteiger partial charge in [-0.05, 0) is 19.8 Å². The van der Waals surface area contributed by atoms with Crippen molar-refractivity contribution in [2.24, 2.45) is 11.7 Å². The zero-order chi connectivity index (χ0) is 12.3. The number of aromatic nitrogens is 1. The molecule has 88 valence electrons. The Hall–Kier alpha value is -0.920. The van der Waals surface area contributed by atoms with E-state index >= 15 is 0 Å². The minimum atomic E-state index is -0.501. The molecular formula is C12H19N3S. The van der Waals surface area contributed by atoms with Gasteiger partial charge in [-0.15, -0.1) is 11.3 Å². The molecule has 0 aliphatic carbocycles. The summed E-state index contributed by atoms with van der Waals surface area (Å²) < 4.78 is 0. The van der Waals surface area contributed by atoms with Crippen molar-refractivity contribution in [1.29, 1.82) is 5.26 Å². The molecule has 1 unspecified atom stereocenters. The first kappa shape index (κ1) is 13.1. The molecule has 0 fully saturated rings. The van der Waals surface area contributed by atoms with Gasteiger partial charge in [-0.1, -0.05) is 13.8 Å². The van der Waals surface area contributed by atoms with Crippen LogP contribution in [0.5, 0.6) is 0 Å². The number of nitrogens with two attached hydrogens (primary N) is 1. The summed E-state index contributed by atoms with van der Waals surface area (Å²) in [4.78, 5) is 4.56. The second-order valence-corrected chi connectivity index (χ2v) is 5.76. The topological polar surface area (TPSA) is 62.7 Å². The van der Waals surface area contributed by atoms with Gasteiger partial charge in [0.2, 0.25) is 0 Å². The van der Waals surface area contributed by atoms with E-state index in [0.29, 0.717) is 18.4 Å². The average molecular weight is 237 g/mol. The van der Waals surface area contributed by atoms with Gasteiger partial charge in [0, 0.05) is 17.8 Å². The Bertz CT molecular complexity index is 387. The molecule has 1 rings (SSSR count). The second kappa shape index (κ2) is 4.94. The van der Waals surface area contributed by atoms with E-state index in [4.69, 9.17) is 11.0 Å². The molecule has 0 bridgehead atoms. The molecule has 1 atom stereocenters. The van der Waals surface area contributed by atoms with Crippen molar-refractivity contribution < 1.29 is 0 Å². The van der Waals surface area contributed by atoms with E-state index in [9.17, 15) is 0 Å². The highest BCUT2D eigenvalue weighted by Crippen LogP contribution is 2.30. The fourth-order valence-electron chi connectivity index (χ4n) is 1.53. The summed E-state index contributed by atoms with van der Waals surface area (Å²) in [5.41, 5.74) is 6.28. The van der Waals surface area contributed by atoms with Gasteiger partial charge >= 0.3 is 0 Å². The van der Waals surface area contributed by atoms with Crippen molar-refractivity contribution in [2.45, 2.75) is 39.0 Å². The van der Waals surface area contributed by atoms with Gasteiger partial charge < -0.3 is 5.73 Å². The highest BCUT2D eigenvalue weighted by molar-refractivity contribution is 7.09. The molecule has 1 heterocycles. The Morgan fingerprint density at radius 1 is 1.56 bits per heavy atom. The number of hydrogen-bond donors (Lipinski definition) is 1. The predicted molar refractivity (Wildman–Crippen MR) is 67.4 cm³/mol. The maximum atomic E-state index is 9.05. The van der Waals surface area contributed by atoms with Gasteiger partial charge in [-0.2, -0.15) is 5.26 Å². The van der Waals surface area contributed by atoms with E-state index in [2.05, 4.69) is 24.9 Å². The normalized spacial score (nSPS) is 13.8. The molecule has 0 amide bonds. The van der Waals surface area contributed by atoms with Gasteiger partial charge in [0.15, 0.2) is 0 Å². The lowest BCUT2D eigenvalue weighted by molar-refractivity contribution is 0.495. The van der Waals surface area contributed by atoms with Gasteiger partial charge in [0.1, 0.15) is 10.4 Å². The predicted octanol–water partition coefficient (Wildman–Crippen LogP) is 2.64. The van der Waals surface area contributed by atoms with Crippen LogP contribution in [0.25, 0.3) is 0 Å². The Morgan fingerprint density at radius 3 is 2.62 bits per heavy atom. The van der Waals surface area contributed by atoms with Crippen LogP contribution in [0, 0.1) is 17.2 Å². The third-order valence-corrected chi connectivity index (χ3v) is 3.96. The van der Waals surface area contributed by atoms with E-state index in [-0.39, 0.29) is 0 Å². The van der Waals surface area contributed by atoms with E-state index in [1.165, 1.54) is 0 Å². The fraction of sp³-hybridized carbons (Fsp3) is 0.667. The zero-order valence-electron chi connectivity index (χ0n) is 10.3. The van der Waals surface area contributed by atoms with Crippen LogP contribution in [-0.2, 0) is 5.41 Å². The standard InChI is InChI=1S/C12H19N3S/c1-8(2)9(5-13)10-6-16-11(15-10)12(3,4)7-14/h6,8-9H,5,13H2,1-4H3. The van der Waals surface area contributed by atoms with Crippen molar-refractivity contribution in [1.82, 2.24) is 4.98 Å². The van der Waals surface area contributed by atoms with E-state index < -0.39 is 5.41 Å². The Kier molecular flexibility index (Phi) is 4.06. The molecular weight excluding hydrogens is 218 g/mol. The van der Waals surface area contributed by atoms with Crippen molar-refractivity contribution in [2.75, 3.05) is 6.54 Å². The maximum Gasteiger partial charge on any atom is 0.113 e. The van der Waals surface area contributed by atoms with Gasteiger partial charge in [-0.25, -0.2) is 4.98 Å². The van der Waals surface area contributed by atoms with Gasteiger partial charge in [0.05, 0.1) is 11.8 Å². The number of thiazole rings is 1. The summed E-state index contributed by atoms with van der Waals surface area (Å²) in [5.74, 6) is 0.768. The number of nitriles is 1. The SMILES string of the molecule is CC(C)C(CN)c1csc(C(C)(C)C#N)n1. The molecule has 3 nitrogen and oxygen atoms in total. The van der Waals surface area contributed by atoms with Crippen LogP contribution >= 0.6 is 11.3 Å². The summed E-state index contributed by atoms with van der Waals surface area (Å²) in [6.07, 6.45) is 0. The van der Waals surface area contributed by atoms with Crippen LogP contribution < -0.4 is 5.73 Å². The molecule has 0 spiro atoms. The molecule has 0 saturated carbocycles. The van der Waals surface area contributed by atoms with Gasteiger partial charge in [0.25, 0.3) is 0 Å². The summed E-state index contributed by atoms with van der Waals surface area (Å²) >= 11 is 1.55. The number of hydrogen-bond acceptors (Lipinski definition) is 4. The van der Waals surface area contributed by atoms with Crippen LogP contribution in [0.1, 0.15) is 44.3 Å². The number of rotatable bonds is 4. The molecule has 0 aliphatic rings. The third kappa shape index (κ3) is 2.60. The second-order valence-electron chi connectivity index (χ2n) is 4.90. The summed E-state index contributed by atoms with van der Waals surface area (Å²) in [6, 6.07) is 2.27. The minimum absolute atomic E-state index is 0.291. The maximum absolute atomic E-state index is 9.05. The van der Waals surface area contributed by atoms with Crippen molar-refractivity contribution in [3.8, 4) is 6.07 Å². The molecule has 0 aliphatic heterocycles. The molecule has 16 heavy (non-hydrogen) atoms. The summed E-state index contributed by atoms with van der Waals surface area (Å²) in [6.45, 7) is 8.68. The molecule has 4 heteroatoms. The zero-order valence-corrected chi connectivity index (χ0v) is 11.1. The molecule has 1 aromatic rings. The first-order chi connectivity index (χ1) is 7.42. The molecule has 0 aromatic carbocycles. The van der Waals surface area contributed by atoms with E-state index in [1.807, 2.05) is 19.2 Å². The highest BCUT2D eigenvalue weighted by atomic mass is 32.1. The van der Waals surface area contributed by atoms with Crippen LogP contribution in [-0.4, -0.2) is 11.5 Å². The molecule has 2 N–H and O–H groups in total. The van der Waals surface area contributed by atoms with E-state index in [1.54, 1.807) is 11.3 Å². The van der Waals surface area contributed by atoms with Crippen molar-refractivity contribution >= 4 is 11.3 Å². The van der Waals surface area contributed by atoms with Crippen LogP contribution in [0.4, 0.5) is 0 Å². The largest absolute Gasteiger partial charge is 0.330 e. The molecule has 0 radical (unpaired) electrons. The quantitative estimate of drug-likeness (QED) is 0.875. The first-order valence-corrected chi connectivity index (χ1v) is 6.37. The van der Waals surface area contributed by atoms with E-state index in [0.717, 1.165) is 10.7 Å². The van der Waals surface area contributed by atoms with Crippen LogP contribution in [0.2, 0.25) is 0 Å². The molecule has 1 aromatic heterocycles.